The summed E-state index contributed by atoms with van der Waals surface area (Å²) in [6, 6.07) is 4.89. The van der Waals surface area contributed by atoms with Crippen LogP contribution in [0.1, 0.15) is 24.5 Å². The van der Waals surface area contributed by atoms with Gasteiger partial charge in [0.05, 0.1) is 11.6 Å². The maximum Gasteiger partial charge on any atom is 0.274 e. The van der Waals surface area contributed by atoms with E-state index < -0.39 is 5.92 Å². The van der Waals surface area contributed by atoms with Gasteiger partial charge in [0.15, 0.2) is 0 Å². The summed E-state index contributed by atoms with van der Waals surface area (Å²) in [5.41, 5.74) is 0.480. The first-order valence-electron chi connectivity index (χ1n) is 5.97. The van der Waals surface area contributed by atoms with Gasteiger partial charge in [0.2, 0.25) is 0 Å². The van der Waals surface area contributed by atoms with Crippen LogP contribution in [-0.2, 0) is 12.3 Å². The van der Waals surface area contributed by atoms with Crippen molar-refractivity contribution < 1.29 is 8.78 Å². The fourth-order valence-corrected chi connectivity index (χ4v) is 2.38. The highest BCUT2D eigenvalue weighted by atomic mass is 35.5. The van der Waals surface area contributed by atoms with Gasteiger partial charge in [-0.3, -0.25) is 4.99 Å². The number of alkyl halides is 2. The van der Waals surface area contributed by atoms with Gasteiger partial charge in [-0.25, -0.2) is 8.78 Å². The van der Waals surface area contributed by atoms with Gasteiger partial charge in [0, 0.05) is 24.9 Å². The normalized spacial score (nSPS) is 15.4. The van der Waals surface area contributed by atoms with Crippen molar-refractivity contribution in [1.82, 2.24) is 5.32 Å². The van der Waals surface area contributed by atoms with Crippen LogP contribution in [-0.4, -0.2) is 18.9 Å². The fraction of sp³-hybridized carbons (Fsp3) is 0.462. The van der Waals surface area contributed by atoms with E-state index in [1.807, 2.05) is 0 Å². The van der Waals surface area contributed by atoms with Gasteiger partial charge in [-0.05, 0) is 11.6 Å². The number of nitrogens with one attached hydrogen (secondary N) is 1. The molecule has 0 unspecified atom stereocenters. The molecule has 0 bridgehead atoms. The molecule has 0 amide bonds. The Labute approximate surface area is 110 Å². The highest BCUT2D eigenvalue weighted by Gasteiger charge is 2.34. The molecule has 0 spiro atoms. The molecule has 2 rings (SSSR count). The smallest absolute Gasteiger partial charge is 0.274 e. The van der Waals surface area contributed by atoms with Crippen molar-refractivity contribution in [3.63, 3.8) is 0 Å². The summed E-state index contributed by atoms with van der Waals surface area (Å²) in [6.45, 7) is 2.93. The Hall–Kier alpha value is -1.16. The second kappa shape index (κ2) is 5.22. The van der Waals surface area contributed by atoms with Crippen LogP contribution in [0.4, 0.5) is 8.78 Å². The van der Waals surface area contributed by atoms with Crippen LogP contribution >= 0.6 is 11.6 Å². The van der Waals surface area contributed by atoms with Gasteiger partial charge in [0.1, 0.15) is 5.84 Å². The molecule has 18 heavy (non-hydrogen) atoms. The average Bonchev–Trinajstić information content (AvgIpc) is 2.81. The third-order valence-corrected chi connectivity index (χ3v) is 3.33. The molecule has 2 nitrogen and oxygen atoms in total. The fourth-order valence-electron chi connectivity index (χ4n) is 2.05. The Kier molecular flexibility index (Phi) is 3.85. The van der Waals surface area contributed by atoms with E-state index in [2.05, 4.69) is 10.3 Å². The van der Waals surface area contributed by atoms with Crippen molar-refractivity contribution in [2.24, 2.45) is 4.99 Å². The van der Waals surface area contributed by atoms with Crippen molar-refractivity contribution in [2.75, 3.05) is 13.1 Å². The maximum atomic E-state index is 13.9. The van der Waals surface area contributed by atoms with Gasteiger partial charge in [-0.1, -0.05) is 30.7 Å². The molecule has 0 saturated heterocycles. The molecular weight excluding hydrogens is 258 g/mol. The zero-order valence-electron chi connectivity index (χ0n) is 10.1. The lowest BCUT2D eigenvalue weighted by molar-refractivity contribution is -0.00887. The minimum atomic E-state index is -2.90. The van der Waals surface area contributed by atoms with E-state index in [0.29, 0.717) is 18.5 Å². The largest absolute Gasteiger partial charge is 0.372 e. The molecule has 1 heterocycles. The van der Waals surface area contributed by atoms with Gasteiger partial charge in [-0.2, -0.15) is 0 Å². The number of halogens is 3. The molecule has 0 fully saturated rings. The SMILES string of the molecule is CCC(F)(F)c1c(Cl)cccc1CC1=NCCN1. The Balaban J connectivity index is 2.37. The highest BCUT2D eigenvalue weighted by molar-refractivity contribution is 6.31. The van der Waals surface area contributed by atoms with Crippen LogP contribution in [0, 0.1) is 0 Å². The van der Waals surface area contributed by atoms with Crippen molar-refractivity contribution in [1.29, 1.82) is 0 Å². The third kappa shape index (κ3) is 2.64. The number of hydrogen-bond acceptors (Lipinski definition) is 2. The van der Waals surface area contributed by atoms with Gasteiger partial charge in [-0.15, -0.1) is 0 Å². The number of hydrogen-bond donors (Lipinski definition) is 1. The van der Waals surface area contributed by atoms with E-state index in [1.54, 1.807) is 12.1 Å². The van der Waals surface area contributed by atoms with Crippen molar-refractivity contribution in [3.05, 3.63) is 34.3 Å². The monoisotopic (exact) mass is 272 g/mol. The lowest BCUT2D eigenvalue weighted by atomic mass is 9.97. The predicted octanol–water partition coefficient (Wildman–Crippen LogP) is 3.39. The quantitative estimate of drug-likeness (QED) is 0.893. The predicted molar refractivity (Wildman–Crippen MR) is 69.6 cm³/mol. The summed E-state index contributed by atoms with van der Waals surface area (Å²) in [4.78, 5) is 4.23. The zero-order chi connectivity index (χ0) is 13.2. The summed E-state index contributed by atoms with van der Waals surface area (Å²) < 4.78 is 27.9. The third-order valence-electron chi connectivity index (χ3n) is 3.01. The molecule has 5 heteroatoms. The first kappa shape index (κ1) is 13.3. The standard InChI is InChI=1S/C13H15ClF2N2/c1-2-13(15,16)12-9(4-3-5-10(12)14)8-11-17-6-7-18-11/h3-5H,2,6-8H2,1H3,(H,17,18). The van der Waals surface area contributed by atoms with Gasteiger partial charge in [0.25, 0.3) is 5.92 Å². The zero-order valence-corrected chi connectivity index (χ0v) is 10.9. The number of benzene rings is 1. The Bertz CT molecular complexity index is 472. The first-order valence-corrected chi connectivity index (χ1v) is 6.35. The lowest BCUT2D eigenvalue weighted by Crippen LogP contribution is -2.23. The topological polar surface area (TPSA) is 24.4 Å². The Morgan fingerprint density at radius 1 is 1.44 bits per heavy atom. The van der Waals surface area contributed by atoms with E-state index in [0.717, 1.165) is 12.4 Å². The van der Waals surface area contributed by atoms with E-state index in [1.165, 1.54) is 13.0 Å². The Morgan fingerprint density at radius 2 is 2.22 bits per heavy atom. The number of aliphatic imine (C=N–C) groups is 1. The molecule has 1 aliphatic rings. The van der Waals surface area contributed by atoms with E-state index in [9.17, 15) is 8.78 Å². The summed E-state index contributed by atoms with van der Waals surface area (Å²) >= 11 is 5.94. The van der Waals surface area contributed by atoms with E-state index in [-0.39, 0.29) is 17.0 Å². The summed E-state index contributed by atoms with van der Waals surface area (Å²) in [7, 11) is 0. The van der Waals surface area contributed by atoms with Crippen molar-refractivity contribution in [2.45, 2.75) is 25.7 Å². The van der Waals surface area contributed by atoms with E-state index >= 15 is 0 Å². The summed E-state index contributed by atoms with van der Waals surface area (Å²) in [6.07, 6.45) is 0.120. The summed E-state index contributed by atoms with van der Waals surface area (Å²) in [5, 5.41) is 3.21. The van der Waals surface area contributed by atoms with E-state index in [4.69, 9.17) is 11.6 Å². The number of rotatable bonds is 4. The molecule has 0 atom stereocenters. The molecule has 1 N–H and O–H groups in total. The molecule has 1 aromatic rings. The number of nitrogens with zero attached hydrogens (tertiary/aromatic N) is 1. The second-order valence-electron chi connectivity index (χ2n) is 4.26. The maximum absolute atomic E-state index is 13.9. The minimum absolute atomic E-state index is 0.0643. The van der Waals surface area contributed by atoms with Crippen LogP contribution in [0.15, 0.2) is 23.2 Å². The average molecular weight is 273 g/mol. The molecule has 1 aliphatic heterocycles. The molecular formula is C13H15ClF2N2. The molecule has 0 aliphatic carbocycles. The lowest BCUT2D eigenvalue weighted by Gasteiger charge is -2.20. The van der Waals surface area contributed by atoms with Crippen LogP contribution < -0.4 is 5.32 Å². The molecule has 98 valence electrons. The van der Waals surface area contributed by atoms with Crippen LogP contribution in [0.5, 0.6) is 0 Å². The molecule has 1 aromatic carbocycles. The van der Waals surface area contributed by atoms with Crippen molar-refractivity contribution >= 4 is 17.4 Å². The molecule has 0 aromatic heterocycles. The highest BCUT2D eigenvalue weighted by Crippen LogP contribution is 2.38. The van der Waals surface area contributed by atoms with Gasteiger partial charge < -0.3 is 5.32 Å². The van der Waals surface area contributed by atoms with Crippen LogP contribution in [0.2, 0.25) is 5.02 Å². The van der Waals surface area contributed by atoms with Crippen LogP contribution in [0.3, 0.4) is 0 Å². The molecule has 0 radical (unpaired) electrons. The second-order valence-corrected chi connectivity index (χ2v) is 4.67. The summed E-state index contributed by atoms with van der Waals surface area (Å²) in [5.74, 6) is -2.14. The Morgan fingerprint density at radius 3 is 2.83 bits per heavy atom. The number of amidine groups is 1. The minimum Gasteiger partial charge on any atom is -0.372 e. The molecule has 0 saturated carbocycles. The van der Waals surface area contributed by atoms with Crippen molar-refractivity contribution in [3.8, 4) is 0 Å². The van der Waals surface area contributed by atoms with Crippen LogP contribution in [0.25, 0.3) is 0 Å². The van der Waals surface area contributed by atoms with Gasteiger partial charge >= 0.3 is 0 Å². The first-order chi connectivity index (χ1) is 8.54.